The SMILES string of the molecule is CSc1ccc(Cl)c(C(=O)N2CC(C)(C)CCC2(C)C)c1. The highest BCUT2D eigenvalue weighted by atomic mass is 35.5. The molecule has 2 nitrogen and oxygen atoms in total. The lowest BCUT2D eigenvalue weighted by Crippen LogP contribution is -2.55. The molecule has 0 aliphatic carbocycles. The maximum Gasteiger partial charge on any atom is 0.255 e. The van der Waals surface area contributed by atoms with Gasteiger partial charge in [0.1, 0.15) is 0 Å². The van der Waals surface area contributed by atoms with E-state index in [0.717, 1.165) is 24.3 Å². The van der Waals surface area contributed by atoms with Crippen molar-refractivity contribution in [2.75, 3.05) is 12.8 Å². The fourth-order valence-corrected chi connectivity index (χ4v) is 3.43. The molecule has 21 heavy (non-hydrogen) atoms. The molecule has 1 aromatic carbocycles. The van der Waals surface area contributed by atoms with Crippen molar-refractivity contribution in [2.24, 2.45) is 5.41 Å². The Morgan fingerprint density at radius 2 is 1.90 bits per heavy atom. The summed E-state index contributed by atoms with van der Waals surface area (Å²) in [5.41, 5.74) is 0.661. The van der Waals surface area contributed by atoms with Gasteiger partial charge < -0.3 is 4.90 Å². The normalized spacial score (nSPS) is 20.4. The Morgan fingerprint density at radius 1 is 1.24 bits per heavy atom. The monoisotopic (exact) mass is 325 g/mol. The van der Waals surface area contributed by atoms with E-state index in [4.69, 9.17) is 11.6 Å². The Bertz CT molecular complexity index is 554. The average Bonchev–Trinajstić information content (AvgIpc) is 2.42. The first-order chi connectivity index (χ1) is 9.66. The highest BCUT2D eigenvalue weighted by Crippen LogP contribution is 2.39. The van der Waals surface area contributed by atoms with Crippen LogP contribution in [0.5, 0.6) is 0 Å². The van der Waals surface area contributed by atoms with Crippen LogP contribution in [0.2, 0.25) is 5.02 Å². The van der Waals surface area contributed by atoms with Crippen molar-refractivity contribution in [2.45, 2.75) is 51.0 Å². The van der Waals surface area contributed by atoms with Crippen LogP contribution < -0.4 is 0 Å². The van der Waals surface area contributed by atoms with Crippen molar-refractivity contribution in [1.29, 1.82) is 0 Å². The molecule has 1 amide bonds. The summed E-state index contributed by atoms with van der Waals surface area (Å²) in [6.07, 6.45) is 4.17. The predicted octanol–water partition coefficient (Wildman–Crippen LogP) is 5.10. The molecule has 0 spiro atoms. The standard InChI is InChI=1S/C17H24ClNOS/c1-16(2)8-9-17(3,4)19(11-16)15(20)13-10-12(21-5)6-7-14(13)18/h6-7,10H,8-9,11H2,1-5H3. The van der Waals surface area contributed by atoms with Crippen molar-refractivity contribution in [3.8, 4) is 0 Å². The highest BCUT2D eigenvalue weighted by molar-refractivity contribution is 7.98. The van der Waals surface area contributed by atoms with Crippen LogP contribution in [0.1, 0.15) is 50.9 Å². The second-order valence-electron chi connectivity index (χ2n) is 7.21. The van der Waals surface area contributed by atoms with Crippen LogP contribution >= 0.6 is 23.4 Å². The molecule has 1 saturated heterocycles. The number of hydrogen-bond acceptors (Lipinski definition) is 2. The third-order valence-electron chi connectivity index (χ3n) is 4.38. The summed E-state index contributed by atoms with van der Waals surface area (Å²) in [6, 6.07) is 5.69. The summed E-state index contributed by atoms with van der Waals surface area (Å²) >= 11 is 7.90. The van der Waals surface area contributed by atoms with Crippen LogP contribution in [0.3, 0.4) is 0 Å². The summed E-state index contributed by atoms with van der Waals surface area (Å²) < 4.78 is 0. The average molecular weight is 326 g/mol. The van der Waals surface area contributed by atoms with Gasteiger partial charge in [0.05, 0.1) is 10.6 Å². The second kappa shape index (κ2) is 5.85. The number of halogens is 1. The second-order valence-corrected chi connectivity index (χ2v) is 8.50. The van der Waals surface area contributed by atoms with Crippen molar-refractivity contribution in [3.05, 3.63) is 28.8 Å². The van der Waals surface area contributed by atoms with E-state index in [9.17, 15) is 4.79 Å². The number of likely N-dealkylation sites (tertiary alicyclic amines) is 1. The summed E-state index contributed by atoms with van der Waals surface area (Å²) in [6.45, 7) is 9.52. The fraction of sp³-hybridized carbons (Fsp3) is 0.588. The summed E-state index contributed by atoms with van der Waals surface area (Å²) in [5, 5.41) is 0.539. The van der Waals surface area contributed by atoms with Gasteiger partial charge >= 0.3 is 0 Å². The number of benzene rings is 1. The van der Waals surface area contributed by atoms with Crippen molar-refractivity contribution in [3.63, 3.8) is 0 Å². The first-order valence-electron chi connectivity index (χ1n) is 7.32. The number of thioether (sulfide) groups is 1. The lowest BCUT2D eigenvalue weighted by atomic mass is 9.76. The summed E-state index contributed by atoms with van der Waals surface area (Å²) in [5.74, 6) is 0.0497. The zero-order chi connectivity index (χ0) is 15.8. The van der Waals surface area contributed by atoms with Gasteiger partial charge in [0, 0.05) is 17.0 Å². The van der Waals surface area contributed by atoms with Crippen LogP contribution in [-0.2, 0) is 0 Å². The summed E-state index contributed by atoms with van der Waals surface area (Å²) in [7, 11) is 0. The minimum absolute atomic E-state index is 0.0497. The van der Waals surface area contributed by atoms with Gasteiger partial charge in [-0.3, -0.25) is 4.79 Å². The third kappa shape index (κ3) is 3.57. The van der Waals surface area contributed by atoms with E-state index in [1.165, 1.54) is 0 Å². The Balaban J connectivity index is 2.37. The van der Waals surface area contributed by atoms with E-state index in [1.54, 1.807) is 11.8 Å². The minimum atomic E-state index is -0.120. The number of rotatable bonds is 2. The molecule has 0 unspecified atom stereocenters. The van der Waals surface area contributed by atoms with Crippen LogP contribution in [-0.4, -0.2) is 29.1 Å². The van der Waals surface area contributed by atoms with Gasteiger partial charge in [0.2, 0.25) is 0 Å². The van der Waals surface area contributed by atoms with Crippen LogP contribution in [0.4, 0.5) is 0 Å². The van der Waals surface area contributed by atoms with E-state index in [-0.39, 0.29) is 16.9 Å². The molecular weight excluding hydrogens is 302 g/mol. The van der Waals surface area contributed by atoms with Gasteiger partial charge in [-0.2, -0.15) is 0 Å². The molecule has 1 aromatic rings. The van der Waals surface area contributed by atoms with Gasteiger partial charge in [0.15, 0.2) is 0 Å². The first kappa shape index (κ1) is 16.7. The number of carbonyl (C=O) groups is 1. The number of carbonyl (C=O) groups excluding carboxylic acids is 1. The Labute approximate surface area is 137 Å². The van der Waals surface area contributed by atoms with Gasteiger partial charge in [-0.25, -0.2) is 0 Å². The minimum Gasteiger partial charge on any atom is -0.333 e. The smallest absolute Gasteiger partial charge is 0.255 e. The highest BCUT2D eigenvalue weighted by Gasteiger charge is 2.41. The largest absolute Gasteiger partial charge is 0.333 e. The number of piperidine rings is 1. The van der Waals surface area contributed by atoms with Gasteiger partial charge in [0.25, 0.3) is 5.91 Å². The lowest BCUT2D eigenvalue weighted by Gasteiger charge is -2.49. The van der Waals surface area contributed by atoms with Gasteiger partial charge in [-0.1, -0.05) is 25.4 Å². The maximum atomic E-state index is 13.0. The van der Waals surface area contributed by atoms with Crippen molar-refractivity contribution >= 4 is 29.3 Å². The molecule has 0 bridgehead atoms. The molecule has 4 heteroatoms. The molecule has 2 rings (SSSR count). The molecule has 0 N–H and O–H groups in total. The Morgan fingerprint density at radius 3 is 2.52 bits per heavy atom. The number of amides is 1. The molecule has 0 radical (unpaired) electrons. The summed E-state index contributed by atoms with van der Waals surface area (Å²) in [4.78, 5) is 16.1. The van der Waals surface area contributed by atoms with Crippen LogP contribution in [0, 0.1) is 5.41 Å². The Hall–Kier alpha value is -0.670. The molecule has 116 valence electrons. The van der Waals surface area contributed by atoms with Crippen molar-refractivity contribution < 1.29 is 4.79 Å². The van der Waals surface area contributed by atoms with E-state index < -0.39 is 0 Å². The molecule has 0 saturated carbocycles. The molecule has 1 aliphatic heterocycles. The molecule has 0 atom stereocenters. The quantitative estimate of drug-likeness (QED) is 0.705. The lowest BCUT2D eigenvalue weighted by molar-refractivity contribution is 0.0125. The van der Waals surface area contributed by atoms with E-state index >= 15 is 0 Å². The topological polar surface area (TPSA) is 20.3 Å². The zero-order valence-electron chi connectivity index (χ0n) is 13.5. The zero-order valence-corrected chi connectivity index (χ0v) is 15.1. The van der Waals surface area contributed by atoms with E-state index in [0.29, 0.717) is 10.6 Å². The van der Waals surface area contributed by atoms with Crippen molar-refractivity contribution in [1.82, 2.24) is 4.90 Å². The molecular formula is C17H24ClNOS. The predicted molar refractivity (Wildman–Crippen MR) is 91.4 cm³/mol. The van der Waals surface area contributed by atoms with E-state index in [2.05, 4.69) is 27.7 Å². The van der Waals surface area contributed by atoms with Gasteiger partial charge in [-0.05, 0) is 56.6 Å². The van der Waals surface area contributed by atoms with Crippen LogP contribution in [0.15, 0.2) is 23.1 Å². The molecule has 0 aromatic heterocycles. The van der Waals surface area contributed by atoms with Gasteiger partial charge in [-0.15, -0.1) is 11.8 Å². The molecule has 1 heterocycles. The Kier molecular flexibility index (Phi) is 4.65. The number of hydrogen-bond donors (Lipinski definition) is 0. The first-order valence-corrected chi connectivity index (χ1v) is 8.92. The van der Waals surface area contributed by atoms with Crippen LogP contribution in [0.25, 0.3) is 0 Å². The number of nitrogens with zero attached hydrogens (tertiary/aromatic N) is 1. The fourth-order valence-electron chi connectivity index (χ4n) is 2.79. The van der Waals surface area contributed by atoms with E-state index in [1.807, 2.05) is 29.4 Å². The maximum absolute atomic E-state index is 13.0. The molecule has 1 fully saturated rings. The third-order valence-corrected chi connectivity index (χ3v) is 5.43. The molecule has 1 aliphatic rings.